The maximum Gasteiger partial charge on any atom is 0.123 e. The number of piperidine rings is 1. The van der Waals surface area contributed by atoms with Crippen LogP contribution in [0.5, 0.6) is 0 Å². The zero-order chi connectivity index (χ0) is 12.1. The molecule has 0 unspecified atom stereocenters. The average Bonchev–Trinajstić information content (AvgIpc) is 2.35. The fraction of sp³-hybridized carbons (Fsp3) is 0.462. The third kappa shape index (κ3) is 3.70. The summed E-state index contributed by atoms with van der Waals surface area (Å²) >= 11 is 4.61. The van der Waals surface area contributed by atoms with E-state index in [1.165, 1.54) is 12.1 Å². The highest BCUT2D eigenvalue weighted by Crippen LogP contribution is 2.16. The van der Waals surface area contributed by atoms with Gasteiger partial charge in [0.05, 0.1) is 11.2 Å². The maximum atomic E-state index is 12.8. The fourth-order valence-electron chi connectivity index (χ4n) is 2.13. The molecule has 1 heterocycles. The molecule has 0 aromatic heterocycles. The third-order valence-corrected chi connectivity index (χ3v) is 3.22. The Hall–Kier alpha value is -1.09. The lowest BCUT2D eigenvalue weighted by atomic mass is 10.1. The highest BCUT2D eigenvalue weighted by molar-refractivity contribution is 7.78. The number of halogens is 1. The van der Waals surface area contributed by atoms with Crippen LogP contribution < -0.4 is 0 Å². The first-order valence-electron chi connectivity index (χ1n) is 5.82. The van der Waals surface area contributed by atoms with Gasteiger partial charge < -0.3 is 0 Å². The minimum Gasteiger partial charge on any atom is -0.299 e. The molecule has 0 aliphatic carbocycles. The summed E-state index contributed by atoms with van der Waals surface area (Å²) in [6, 6.07) is 7.06. The number of aliphatic imine (C=N–C) groups is 1. The van der Waals surface area contributed by atoms with E-state index in [1.807, 2.05) is 12.1 Å². The SMILES string of the molecule is Fc1ccc(CN2CCC(N=C=S)CC2)cc1. The van der Waals surface area contributed by atoms with Crippen molar-refractivity contribution in [2.45, 2.75) is 25.4 Å². The van der Waals surface area contributed by atoms with Crippen LogP contribution >= 0.6 is 12.2 Å². The number of thiocarbonyl (C=S) groups is 1. The van der Waals surface area contributed by atoms with Crippen LogP contribution in [0.2, 0.25) is 0 Å². The van der Waals surface area contributed by atoms with Crippen molar-refractivity contribution < 1.29 is 4.39 Å². The molecule has 1 aromatic carbocycles. The van der Waals surface area contributed by atoms with Crippen molar-refractivity contribution in [2.24, 2.45) is 4.99 Å². The lowest BCUT2D eigenvalue weighted by Gasteiger charge is -2.29. The summed E-state index contributed by atoms with van der Waals surface area (Å²) in [5.74, 6) is -0.178. The van der Waals surface area contributed by atoms with Gasteiger partial charge in [-0.15, -0.1) is 0 Å². The van der Waals surface area contributed by atoms with Crippen molar-refractivity contribution in [3.8, 4) is 0 Å². The van der Waals surface area contributed by atoms with Gasteiger partial charge in [-0.2, -0.15) is 0 Å². The first-order valence-corrected chi connectivity index (χ1v) is 6.22. The van der Waals surface area contributed by atoms with Crippen molar-refractivity contribution in [2.75, 3.05) is 13.1 Å². The summed E-state index contributed by atoms with van der Waals surface area (Å²) in [5.41, 5.74) is 1.16. The number of hydrogen-bond acceptors (Lipinski definition) is 3. The molecular weight excluding hydrogens is 235 g/mol. The van der Waals surface area contributed by atoms with Gasteiger partial charge >= 0.3 is 0 Å². The van der Waals surface area contributed by atoms with E-state index in [9.17, 15) is 4.39 Å². The van der Waals surface area contributed by atoms with E-state index in [0.29, 0.717) is 6.04 Å². The Labute approximate surface area is 106 Å². The van der Waals surface area contributed by atoms with Crippen LogP contribution in [0.1, 0.15) is 18.4 Å². The van der Waals surface area contributed by atoms with Gasteiger partial charge in [0, 0.05) is 19.6 Å². The van der Waals surface area contributed by atoms with Gasteiger partial charge in [0.2, 0.25) is 0 Å². The number of rotatable bonds is 3. The Morgan fingerprint density at radius 2 is 1.94 bits per heavy atom. The molecule has 2 nitrogen and oxygen atoms in total. The lowest BCUT2D eigenvalue weighted by Crippen LogP contribution is -2.34. The van der Waals surface area contributed by atoms with Crippen LogP contribution in [0, 0.1) is 5.82 Å². The fourth-order valence-corrected chi connectivity index (χ4v) is 2.28. The standard InChI is InChI=1S/C13H15FN2S/c14-12-3-1-11(2-4-12)9-16-7-5-13(6-8-16)15-10-17/h1-4,13H,5-9H2. The molecule has 0 bridgehead atoms. The average molecular weight is 250 g/mol. The second-order valence-electron chi connectivity index (χ2n) is 4.35. The van der Waals surface area contributed by atoms with Crippen molar-refractivity contribution >= 4 is 17.4 Å². The van der Waals surface area contributed by atoms with Crippen LogP contribution in [0.4, 0.5) is 4.39 Å². The molecular formula is C13H15FN2S. The monoisotopic (exact) mass is 250 g/mol. The quantitative estimate of drug-likeness (QED) is 0.605. The zero-order valence-electron chi connectivity index (χ0n) is 9.60. The largest absolute Gasteiger partial charge is 0.299 e. The van der Waals surface area contributed by atoms with Crippen molar-refractivity contribution in [1.29, 1.82) is 0 Å². The van der Waals surface area contributed by atoms with Gasteiger partial charge in [-0.25, -0.2) is 9.38 Å². The summed E-state index contributed by atoms with van der Waals surface area (Å²) in [5, 5.41) is 2.46. The minimum atomic E-state index is -0.178. The van der Waals surface area contributed by atoms with Crippen molar-refractivity contribution in [3.63, 3.8) is 0 Å². The van der Waals surface area contributed by atoms with E-state index in [2.05, 4.69) is 27.3 Å². The predicted molar refractivity (Wildman–Crippen MR) is 69.7 cm³/mol. The first kappa shape index (κ1) is 12.4. The van der Waals surface area contributed by atoms with Crippen LogP contribution in [0.15, 0.2) is 29.3 Å². The maximum absolute atomic E-state index is 12.8. The molecule has 1 saturated heterocycles. The lowest BCUT2D eigenvalue weighted by molar-refractivity contribution is 0.206. The second-order valence-corrected chi connectivity index (χ2v) is 4.54. The normalized spacial score (nSPS) is 17.7. The third-order valence-electron chi connectivity index (χ3n) is 3.11. The Kier molecular flexibility index (Phi) is 4.37. The molecule has 0 radical (unpaired) electrons. The van der Waals surface area contributed by atoms with Gasteiger partial charge in [0.15, 0.2) is 0 Å². The molecule has 4 heteroatoms. The smallest absolute Gasteiger partial charge is 0.123 e. The van der Waals surface area contributed by atoms with Gasteiger partial charge in [0.1, 0.15) is 5.82 Å². The highest BCUT2D eigenvalue weighted by atomic mass is 32.1. The molecule has 1 fully saturated rings. The minimum absolute atomic E-state index is 0.178. The van der Waals surface area contributed by atoms with E-state index in [1.54, 1.807) is 0 Å². The van der Waals surface area contributed by atoms with Gasteiger partial charge in [-0.05, 0) is 42.8 Å². The molecule has 1 aliphatic heterocycles. The van der Waals surface area contributed by atoms with Crippen molar-refractivity contribution in [1.82, 2.24) is 4.90 Å². The Bertz CT molecular complexity index is 404. The summed E-state index contributed by atoms with van der Waals surface area (Å²) < 4.78 is 12.8. The summed E-state index contributed by atoms with van der Waals surface area (Å²) in [7, 11) is 0. The van der Waals surface area contributed by atoms with Gasteiger partial charge in [0.25, 0.3) is 0 Å². The Morgan fingerprint density at radius 3 is 2.53 bits per heavy atom. The number of nitrogens with zero attached hydrogens (tertiary/aromatic N) is 2. The van der Waals surface area contributed by atoms with E-state index in [0.717, 1.165) is 38.0 Å². The predicted octanol–water partition coefficient (Wildman–Crippen LogP) is 2.89. The zero-order valence-corrected chi connectivity index (χ0v) is 10.4. The topological polar surface area (TPSA) is 15.6 Å². The molecule has 0 saturated carbocycles. The van der Waals surface area contributed by atoms with Gasteiger partial charge in [-0.1, -0.05) is 12.1 Å². The summed E-state index contributed by atoms with van der Waals surface area (Å²) in [4.78, 5) is 6.49. The molecule has 0 N–H and O–H groups in total. The van der Waals surface area contributed by atoms with Crippen LogP contribution in [-0.4, -0.2) is 29.2 Å². The molecule has 0 spiro atoms. The number of likely N-dealkylation sites (tertiary alicyclic amines) is 1. The first-order chi connectivity index (χ1) is 8.28. The number of hydrogen-bond donors (Lipinski definition) is 0. The van der Waals surface area contributed by atoms with E-state index in [4.69, 9.17) is 0 Å². The molecule has 90 valence electrons. The Morgan fingerprint density at radius 1 is 1.29 bits per heavy atom. The summed E-state index contributed by atoms with van der Waals surface area (Å²) in [6.07, 6.45) is 2.07. The summed E-state index contributed by atoms with van der Waals surface area (Å²) in [6.45, 7) is 2.92. The number of isothiocyanates is 1. The molecule has 1 aromatic rings. The number of benzene rings is 1. The molecule has 17 heavy (non-hydrogen) atoms. The molecule has 0 amide bonds. The van der Waals surface area contributed by atoms with E-state index < -0.39 is 0 Å². The molecule has 0 atom stereocenters. The second kappa shape index (κ2) is 6.01. The van der Waals surface area contributed by atoms with Crippen LogP contribution in [0.3, 0.4) is 0 Å². The van der Waals surface area contributed by atoms with Gasteiger partial charge in [-0.3, -0.25) is 4.90 Å². The van der Waals surface area contributed by atoms with Crippen LogP contribution in [0.25, 0.3) is 0 Å². The van der Waals surface area contributed by atoms with E-state index in [-0.39, 0.29) is 5.82 Å². The Balaban J connectivity index is 1.85. The van der Waals surface area contributed by atoms with Crippen LogP contribution in [-0.2, 0) is 6.54 Å². The molecule has 1 aliphatic rings. The highest BCUT2D eigenvalue weighted by Gasteiger charge is 2.18. The van der Waals surface area contributed by atoms with E-state index >= 15 is 0 Å². The van der Waals surface area contributed by atoms with Crippen molar-refractivity contribution in [3.05, 3.63) is 35.6 Å². The molecule has 2 rings (SSSR count).